The predicted molar refractivity (Wildman–Crippen MR) is 103 cm³/mol. The van der Waals surface area contributed by atoms with E-state index in [1.54, 1.807) is 11.3 Å². The lowest BCUT2D eigenvalue weighted by molar-refractivity contribution is 0.329. The van der Waals surface area contributed by atoms with E-state index in [-0.39, 0.29) is 24.8 Å². The second-order valence-electron chi connectivity index (χ2n) is 5.88. The van der Waals surface area contributed by atoms with Crippen LogP contribution in [-0.2, 0) is 6.42 Å². The van der Waals surface area contributed by atoms with Crippen LogP contribution in [0.1, 0.15) is 22.1 Å². The summed E-state index contributed by atoms with van der Waals surface area (Å²) in [6, 6.07) is 10.8. The second-order valence-corrected chi connectivity index (χ2v) is 6.82. The van der Waals surface area contributed by atoms with Gasteiger partial charge in [-0.25, -0.2) is 4.98 Å². The number of hydrogen-bond acceptors (Lipinski definition) is 4. The molecule has 1 saturated heterocycles. The maximum absolute atomic E-state index is 6.00. The Morgan fingerprint density at radius 2 is 1.96 bits per heavy atom. The molecule has 2 heterocycles. The van der Waals surface area contributed by atoms with E-state index in [9.17, 15) is 0 Å². The van der Waals surface area contributed by atoms with Gasteiger partial charge < -0.3 is 10.6 Å². The number of likely N-dealkylation sites (tertiary alicyclic amines) is 1. The summed E-state index contributed by atoms with van der Waals surface area (Å²) in [5.74, 6) is 1.16. The summed E-state index contributed by atoms with van der Waals surface area (Å²) in [5, 5.41) is 0. The van der Waals surface area contributed by atoms with Crippen molar-refractivity contribution in [3.8, 4) is 0 Å². The van der Waals surface area contributed by atoms with Gasteiger partial charge in [0.1, 0.15) is 0 Å². The van der Waals surface area contributed by atoms with Crippen LogP contribution in [0.2, 0.25) is 0 Å². The molecule has 3 rings (SSSR count). The predicted octanol–water partition coefficient (Wildman–Crippen LogP) is 3.51. The van der Waals surface area contributed by atoms with Crippen LogP contribution in [-0.4, -0.2) is 36.1 Å². The molecule has 0 radical (unpaired) electrons. The number of benzene rings is 1. The first-order chi connectivity index (χ1) is 10.3. The summed E-state index contributed by atoms with van der Waals surface area (Å²) < 4.78 is 0. The minimum absolute atomic E-state index is 0. The van der Waals surface area contributed by atoms with Crippen molar-refractivity contribution in [2.45, 2.75) is 19.3 Å². The van der Waals surface area contributed by atoms with Crippen LogP contribution in [0.25, 0.3) is 0 Å². The van der Waals surface area contributed by atoms with Gasteiger partial charge in [-0.2, -0.15) is 0 Å². The Balaban J connectivity index is 0.00000132. The summed E-state index contributed by atoms with van der Waals surface area (Å²) >= 11 is 1.77. The minimum Gasteiger partial charge on any atom is -0.330 e. The number of nitrogens with two attached hydrogens (primary N) is 1. The lowest BCUT2D eigenvalue weighted by Gasteiger charge is -2.16. The third-order valence-corrected chi connectivity index (χ3v) is 5.54. The molecule has 0 bridgehead atoms. The van der Waals surface area contributed by atoms with E-state index in [0.717, 1.165) is 32.6 Å². The highest BCUT2D eigenvalue weighted by atomic mass is 35.5. The van der Waals surface area contributed by atoms with Gasteiger partial charge in [0.25, 0.3) is 0 Å². The third kappa shape index (κ3) is 4.91. The highest BCUT2D eigenvalue weighted by molar-refractivity contribution is 7.09. The Bertz CT molecular complexity index is 576. The summed E-state index contributed by atoms with van der Waals surface area (Å²) in [4.78, 5) is 8.32. The van der Waals surface area contributed by atoms with Crippen molar-refractivity contribution in [2.24, 2.45) is 11.7 Å². The van der Waals surface area contributed by atoms with Crippen LogP contribution in [0.3, 0.4) is 0 Å². The molecule has 1 aliphatic rings. The molecule has 1 fully saturated rings. The molecule has 3 nitrogen and oxygen atoms in total. The first kappa shape index (κ1) is 20.4. The van der Waals surface area contributed by atoms with Gasteiger partial charge >= 0.3 is 0 Å². The molecule has 2 aromatic rings. The first-order valence-electron chi connectivity index (χ1n) is 7.64. The van der Waals surface area contributed by atoms with E-state index >= 15 is 0 Å². The Morgan fingerprint density at radius 3 is 2.57 bits per heavy atom. The molecule has 2 atom stereocenters. The molecular formula is C17H25Cl2N3S. The SMILES string of the molecule is Cc1ncsc1CCN1C[C@@H](CN)[C@H](c2ccccc2)C1.Cl.Cl. The van der Waals surface area contributed by atoms with Crippen LogP contribution in [0.5, 0.6) is 0 Å². The van der Waals surface area contributed by atoms with Crippen molar-refractivity contribution in [3.05, 3.63) is 52.0 Å². The Morgan fingerprint density at radius 1 is 1.22 bits per heavy atom. The molecule has 1 aromatic carbocycles. The molecular weight excluding hydrogens is 349 g/mol. The van der Waals surface area contributed by atoms with E-state index in [2.05, 4.69) is 47.1 Å². The Kier molecular flexibility index (Phi) is 8.51. The number of aromatic nitrogens is 1. The smallest absolute Gasteiger partial charge is 0.0797 e. The molecule has 23 heavy (non-hydrogen) atoms. The normalized spacial score (nSPS) is 20.8. The van der Waals surface area contributed by atoms with Crippen molar-refractivity contribution in [3.63, 3.8) is 0 Å². The molecule has 6 heteroatoms. The average Bonchev–Trinajstić information content (AvgIpc) is 3.12. The summed E-state index contributed by atoms with van der Waals surface area (Å²) in [5.41, 5.74) is 10.6. The Hall–Kier alpha value is -0.650. The van der Waals surface area contributed by atoms with Crippen LogP contribution < -0.4 is 5.73 Å². The van der Waals surface area contributed by atoms with Crippen molar-refractivity contribution in [2.75, 3.05) is 26.2 Å². The maximum atomic E-state index is 6.00. The highest BCUT2D eigenvalue weighted by Crippen LogP contribution is 2.32. The number of thiazole rings is 1. The fourth-order valence-electron chi connectivity index (χ4n) is 3.29. The lowest BCUT2D eigenvalue weighted by Crippen LogP contribution is -2.25. The zero-order valence-corrected chi connectivity index (χ0v) is 15.8. The third-order valence-electron chi connectivity index (χ3n) is 4.55. The van der Waals surface area contributed by atoms with Crippen LogP contribution in [0, 0.1) is 12.8 Å². The number of halogens is 2. The van der Waals surface area contributed by atoms with Gasteiger partial charge in [0.15, 0.2) is 0 Å². The van der Waals surface area contributed by atoms with E-state index in [1.165, 1.54) is 16.1 Å². The van der Waals surface area contributed by atoms with Crippen LogP contribution in [0.15, 0.2) is 35.8 Å². The quantitative estimate of drug-likeness (QED) is 0.871. The molecule has 0 spiro atoms. The lowest BCUT2D eigenvalue weighted by atomic mass is 9.89. The van der Waals surface area contributed by atoms with E-state index in [0.29, 0.717) is 11.8 Å². The zero-order chi connectivity index (χ0) is 14.7. The molecule has 128 valence electrons. The van der Waals surface area contributed by atoms with Gasteiger partial charge in [0.05, 0.1) is 11.2 Å². The number of rotatable bonds is 5. The monoisotopic (exact) mass is 373 g/mol. The standard InChI is InChI=1S/C17H23N3S.2ClH/c1-13-17(21-12-19-13)7-8-20-10-15(9-18)16(11-20)14-5-3-2-4-6-14;;/h2-6,12,15-16H,7-11,18H2,1H3;2*1H/t15-,16+;;/m1../s1. The highest BCUT2D eigenvalue weighted by Gasteiger charge is 2.32. The van der Waals surface area contributed by atoms with Gasteiger partial charge in [0.2, 0.25) is 0 Å². The second kappa shape index (κ2) is 9.60. The number of aryl methyl sites for hydroxylation is 1. The topological polar surface area (TPSA) is 42.2 Å². The molecule has 1 aromatic heterocycles. The van der Waals surface area contributed by atoms with Crippen molar-refractivity contribution < 1.29 is 0 Å². The maximum Gasteiger partial charge on any atom is 0.0797 e. The summed E-state index contributed by atoms with van der Waals surface area (Å²) in [6.45, 7) is 6.24. The van der Waals surface area contributed by atoms with Crippen molar-refractivity contribution in [1.29, 1.82) is 0 Å². The van der Waals surface area contributed by atoms with Crippen LogP contribution >= 0.6 is 36.2 Å². The fraction of sp³-hybridized carbons (Fsp3) is 0.471. The van der Waals surface area contributed by atoms with Gasteiger partial charge in [-0.1, -0.05) is 30.3 Å². The van der Waals surface area contributed by atoms with E-state index in [4.69, 9.17) is 5.73 Å². The number of hydrogen-bond donors (Lipinski definition) is 1. The van der Waals surface area contributed by atoms with Gasteiger partial charge in [-0.3, -0.25) is 0 Å². The summed E-state index contributed by atoms with van der Waals surface area (Å²) in [6.07, 6.45) is 1.11. The number of nitrogens with zero attached hydrogens (tertiary/aromatic N) is 2. The van der Waals surface area contributed by atoms with Gasteiger partial charge in [-0.05, 0) is 31.4 Å². The van der Waals surface area contributed by atoms with Crippen LogP contribution in [0.4, 0.5) is 0 Å². The molecule has 1 aliphatic heterocycles. The first-order valence-corrected chi connectivity index (χ1v) is 8.52. The fourth-order valence-corrected chi connectivity index (χ4v) is 4.06. The summed E-state index contributed by atoms with van der Waals surface area (Å²) in [7, 11) is 0. The largest absolute Gasteiger partial charge is 0.330 e. The zero-order valence-electron chi connectivity index (χ0n) is 13.4. The van der Waals surface area contributed by atoms with Crippen molar-refractivity contribution >= 4 is 36.2 Å². The van der Waals surface area contributed by atoms with Crippen molar-refractivity contribution in [1.82, 2.24) is 9.88 Å². The molecule has 0 unspecified atom stereocenters. The molecule has 0 saturated carbocycles. The van der Waals surface area contributed by atoms with E-state index < -0.39 is 0 Å². The molecule has 0 amide bonds. The van der Waals surface area contributed by atoms with Gasteiger partial charge in [-0.15, -0.1) is 36.2 Å². The van der Waals surface area contributed by atoms with Gasteiger partial charge in [0, 0.05) is 30.4 Å². The average molecular weight is 374 g/mol. The minimum atomic E-state index is 0. The van der Waals surface area contributed by atoms with E-state index in [1.807, 2.05) is 5.51 Å². The Labute approximate surface area is 155 Å². The molecule has 2 N–H and O–H groups in total. The molecule has 0 aliphatic carbocycles.